The number of carbonyl (C=O) groups is 1. The van der Waals surface area contributed by atoms with Crippen molar-refractivity contribution in [3.63, 3.8) is 0 Å². The van der Waals surface area contributed by atoms with Crippen LogP contribution in [0.4, 0.5) is 4.79 Å². The number of halogens is 1. The third kappa shape index (κ3) is 3.52. The molecular formula is C8H15BrN2O2. The zero-order valence-electron chi connectivity index (χ0n) is 7.74. The van der Waals surface area contributed by atoms with Crippen molar-refractivity contribution < 1.29 is 9.90 Å². The Morgan fingerprint density at radius 2 is 2.00 bits per heavy atom. The maximum Gasteiger partial charge on any atom is 0.407 e. The van der Waals surface area contributed by atoms with Gasteiger partial charge in [-0.1, -0.05) is 22.9 Å². The molecule has 0 aromatic rings. The molecule has 0 bridgehead atoms. The number of piperazine rings is 1. The number of hydrogen-bond acceptors (Lipinski definition) is 2. The molecule has 1 heterocycles. The molecule has 1 rings (SSSR count). The van der Waals surface area contributed by atoms with Crippen LogP contribution in [-0.4, -0.2) is 58.6 Å². The first-order valence-corrected chi connectivity index (χ1v) is 5.35. The van der Waals surface area contributed by atoms with Gasteiger partial charge < -0.3 is 10.0 Å². The second-order valence-corrected chi connectivity index (χ2v) is 4.91. The van der Waals surface area contributed by atoms with E-state index in [4.69, 9.17) is 5.11 Å². The smallest absolute Gasteiger partial charge is 0.407 e. The predicted molar refractivity (Wildman–Crippen MR) is 54.4 cm³/mol. The lowest BCUT2D eigenvalue weighted by Gasteiger charge is -2.33. The lowest BCUT2D eigenvalue weighted by atomic mass is 10.3. The molecule has 1 N–H and O–H groups in total. The number of amides is 1. The van der Waals surface area contributed by atoms with Crippen LogP contribution in [0.25, 0.3) is 0 Å². The molecule has 5 heteroatoms. The van der Waals surface area contributed by atoms with Gasteiger partial charge in [0.25, 0.3) is 0 Å². The fourth-order valence-electron chi connectivity index (χ4n) is 1.48. The topological polar surface area (TPSA) is 43.8 Å². The molecule has 4 nitrogen and oxygen atoms in total. The minimum absolute atomic E-state index is 0.476. The van der Waals surface area contributed by atoms with Crippen molar-refractivity contribution in [2.75, 3.05) is 32.7 Å². The van der Waals surface area contributed by atoms with E-state index in [1.807, 2.05) is 0 Å². The molecule has 1 aliphatic heterocycles. The van der Waals surface area contributed by atoms with Crippen LogP contribution in [0.2, 0.25) is 0 Å². The van der Waals surface area contributed by atoms with Crippen molar-refractivity contribution in [3.05, 3.63) is 0 Å². The predicted octanol–water partition coefficient (Wildman–Crippen LogP) is 1.07. The summed E-state index contributed by atoms with van der Waals surface area (Å²) in [5.74, 6) is 0. The van der Waals surface area contributed by atoms with Gasteiger partial charge in [-0.3, -0.25) is 4.90 Å². The number of alkyl halides is 1. The van der Waals surface area contributed by atoms with E-state index in [1.54, 1.807) is 0 Å². The quantitative estimate of drug-likeness (QED) is 0.746. The number of nitrogens with zero attached hydrogens (tertiary/aromatic N) is 2. The van der Waals surface area contributed by atoms with Gasteiger partial charge in [0.2, 0.25) is 0 Å². The highest BCUT2D eigenvalue weighted by Gasteiger charge is 2.20. The molecule has 1 amide bonds. The van der Waals surface area contributed by atoms with E-state index in [-0.39, 0.29) is 0 Å². The zero-order valence-corrected chi connectivity index (χ0v) is 9.33. The molecule has 0 spiro atoms. The van der Waals surface area contributed by atoms with Gasteiger partial charge in [0.1, 0.15) is 0 Å². The van der Waals surface area contributed by atoms with Crippen LogP contribution in [-0.2, 0) is 0 Å². The summed E-state index contributed by atoms with van der Waals surface area (Å²) >= 11 is 3.48. The normalized spacial score (nSPS) is 21.5. The van der Waals surface area contributed by atoms with Crippen molar-refractivity contribution in [1.82, 2.24) is 9.80 Å². The zero-order chi connectivity index (χ0) is 9.84. The summed E-state index contributed by atoms with van der Waals surface area (Å²) in [6, 6.07) is 0. The summed E-state index contributed by atoms with van der Waals surface area (Å²) in [4.78, 5) is 14.8. The molecule has 1 saturated heterocycles. The first-order valence-electron chi connectivity index (χ1n) is 4.44. The van der Waals surface area contributed by atoms with Gasteiger partial charge in [0, 0.05) is 37.6 Å². The molecule has 13 heavy (non-hydrogen) atoms. The summed E-state index contributed by atoms with van der Waals surface area (Å²) in [5.41, 5.74) is 0. The first kappa shape index (κ1) is 10.8. The van der Waals surface area contributed by atoms with Crippen LogP contribution in [0.1, 0.15) is 6.92 Å². The van der Waals surface area contributed by atoms with E-state index >= 15 is 0 Å². The van der Waals surface area contributed by atoms with Crippen LogP contribution in [0, 0.1) is 0 Å². The Kier molecular flexibility index (Phi) is 3.99. The second-order valence-electron chi connectivity index (χ2n) is 3.35. The van der Waals surface area contributed by atoms with Gasteiger partial charge in [-0.15, -0.1) is 0 Å². The summed E-state index contributed by atoms with van der Waals surface area (Å²) in [6.07, 6.45) is -0.799. The van der Waals surface area contributed by atoms with Crippen molar-refractivity contribution in [3.8, 4) is 0 Å². The number of hydrogen-bond donors (Lipinski definition) is 1. The first-order chi connectivity index (χ1) is 6.09. The molecule has 0 aromatic carbocycles. The molecule has 0 saturated carbocycles. The Morgan fingerprint density at radius 3 is 2.38 bits per heavy atom. The molecular weight excluding hydrogens is 236 g/mol. The average Bonchev–Trinajstić information content (AvgIpc) is 2.04. The Balaban J connectivity index is 2.26. The lowest BCUT2D eigenvalue weighted by Crippen LogP contribution is -2.49. The average molecular weight is 251 g/mol. The van der Waals surface area contributed by atoms with E-state index in [0.29, 0.717) is 17.9 Å². The van der Waals surface area contributed by atoms with Crippen molar-refractivity contribution >= 4 is 22.0 Å². The molecule has 0 radical (unpaired) electrons. The van der Waals surface area contributed by atoms with E-state index in [1.165, 1.54) is 4.90 Å². The maximum atomic E-state index is 10.6. The fourth-order valence-corrected chi connectivity index (χ4v) is 1.89. The monoisotopic (exact) mass is 250 g/mol. The highest BCUT2D eigenvalue weighted by molar-refractivity contribution is 9.09. The fraction of sp³-hybridized carbons (Fsp3) is 0.875. The molecule has 0 aliphatic carbocycles. The SMILES string of the molecule is CC(Br)CN1CCN(C(=O)O)CC1. The molecule has 76 valence electrons. The third-order valence-corrected chi connectivity index (χ3v) is 2.44. The summed E-state index contributed by atoms with van der Waals surface area (Å²) in [7, 11) is 0. The highest BCUT2D eigenvalue weighted by Crippen LogP contribution is 2.06. The molecule has 0 aromatic heterocycles. The standard InChI is InChI=1S/C8H15BrN2O2/c1-7(9)6-10-2-4-11(5-3-10)8(12)13/h7H,2-6H2,1H3,(H,12,13). The Morgan fingerprint density at radius 1 is 1.46 bits per heavy atom. The molecule has 1 fully saturated rings. The van der Waals surface area contributed by atoms with Crippen molar-refractivity contribution in [1.29, 1.82) is 0 Å². The van der Waals surface area contributed by atoms with E-state index in [0.717, 1.165) is 19.6 Å². The number of carboxylic acid groups (broad SMARTS) is 1. The van der Waals surface area contributed by atoms with Gasteiger partial charge in [0.05, 0.1) is 0 Å². The largest absolute Gasteiger partial charge is 0.465 e. The van der Waals surface area contributed by atoms with Crippen molar-refractivity contribution in [2.24, 2.45) is 0 Å². The van der Waals surface area contributed by atoms with Crippen molar-refractivity contribution in [2.45, 2.75) is 11.8 Å². The lowest BCUT2D eigenvalue weighted by molar-refractivity contribution is 0.106. The van der Waals surface area contributed by atoms with E-state index < -0.39 is 6.09 Å². The summed E-state index contributed by atoms with van der Waals surface area (Å²) < 4.78 is 0. The van der Waals surface area contributed by atoms with Gasteiger partial charge >= 0.3 is 6.09 Å². The Labute approximate surface area is 86.6 Å². The van der Waals surface area contributed by atoms with Gasteiger partial charge in [-0.05, 0) is 0 Å². The minimum Gasteiger partial charge on any atom is -0.465 e. The maximum absolute atomic E-state index is 10.6. The second kappa shape index (κ2) is 4.81. The minimum atomic E-state index is -0.799. The molecule has 1 atom stereocenters. The van der Waals surface area contributed by atoms with Crippen LogP contribution in [0.5, 0.6) is 0 Å². The third-order valence-electron chi connectivity index (χ3n) is 2.15. The van der Waals surface area contributed by atoms with Gasteiger partial charge in [0.15, 0.2) is 0 Å². The summed E-state index contributed by atoms with van der Waals surface area (Å²) in [5, 5.41) is 8.70. The van der Waals surface area contributed by atoms with Crippen LogP contribution >= 0.6 is 15.9 Å². The summed E-state index contributed by atoms with van der Waals surface area (Å²) in [6.45, 7) is 6.06. The van der Waals surface area contributed by atoms with Gasteiger partial charge in [-0.25, -0.2) is 4.79 Å². The number of rotatable bonds is 2. The Hall–Kier alpha value is -0.290. The van der Waals surface area contributed by atoms with E-state index in [2.05, 4.69) is 27.8 Å². The molecule has 1 unspecified atom stereocenters. The van der Waals surface area contributed by atoms with E-state index in [9.17, 15) is 4.79 Å². The Bertz CT molecular complexity index is 179. The van der Waals surface area contributed by atoms with Crippen LogP contribution in [0.3, 0.4) is 0 Å². The molecule has 1 aliphatic rings. The van der Waals surface area contributed by atoms with Crippen LogP contribution in [0.15, 0.2) is 0 Å². The highest BCUT2D eigenvalue weighted by atomic mass is 79.9. The van der Waals surface area contributed by atoms with Gasteiger partial charge in [-0.2, -0.15) is 0 Å². The van der Waals surface area contributed by atoms with Crippen LogP contribution < -0.4 is 0 Å².